The van der Waals surface area contributed by atoms with E-state index in [2.05, 4.69) is 13.8 Å². The molecular formula is C13H16ClNO2. The number of hydrogen-bond donors (Lipinski definition) is 0. The van der Waals surface area contributed by atoms with E-state index in [-0.39, 0.29) is 0 Å². The van der Waals surface area contributed by atoms with Crippen LogP contribution in [0.4, 0.5) is 0 Å². The Balaban J connectivity index is 2.42. The van der Waals surface area contributed by atoms with Gasteiger partial charge >= 0.3 is 0 Å². The highest BCUT2D eigenvalue weighted by molar-refractivity contribution is 6.31. The molecule has 17 heavy (non-hydrogen) atoms. The standard InChI is InChI=1S/C13H16ClNO2/c1-10(2)9-16-6-7-17-13-5-3-4-12(14)11(13)8-15/h3-5,10H,6-7,9H2,1-2H3. The Morgan fingerprint density at radius 1 is 1.35 bits per heavy atom. The maximum atomic E-state index is 8.93. The molecule has 0 fully saturated rings. The van der Waals surface area contributed by atoms with E-state index in [4.69, 9.17) is 26.3 Å². The summed E-state index contributed by atoms with van der Waals surface area (Å²) in [5.41, 5.74) is 0.373. The number of rotatable bonds is 6. The molecule has 0 aliphatic rings. The Hall–Kier alpha value is -1.24. The number of benzene rings is 1. The van der Waals surface area contributed by atoms with Gasteiger partial charge in [-0.2, -0.15) is 5.26 Å². The molecule has 0 saturated heterocycles. The highest BCUT2D eigenvalue weighted by Gasteiger charge is 2.06. The van der Waals surface area contributed by atoms with Crippen molar-refractivity contribution in [1.29, 1.82) is 5.26 Å². The van der Waals surface area contributed by atoms with E-state index >= 15 is 0 Å². The first-order valence-electron chi connectivity index (χ1n) is 5.54. The van der Waals surface area contributed by atoms with Crippen LogP contribution in [0.25, 0.3) is 0 Å². The van der Waals surface area contributed by atoms with Crippen molar-refractivity contribution in [3.63, 3.8) is 0 Å². The van der Waals surface area contributed by atoms with Crippen LogP contribution in [0.1, 0.15) is 19.4 Å². The predicted molar refractivity (Wildman–Crippen MR) is 67.3 cm³/mol. The van der Waals surface area contributed by atoms with Crippen molar-refractivity contribution in [2.75, 3.05) is 19.8 Å². The molecule has 0 bridgehead atoms. The fourth-order valence-electron chi connectivity index (χ4n) is 1.26. The van der Waals surface area contributed by atoms with Crippen LogP contribution < -0.4 is 4.74 Å². The molecule has 0 heterocycles. The fourth-order valence-corrected chi connectivity index (χ4v) is 1.47. The van der Waals surface area contributed by atoms with E-state index in [0.29, 0.717) is 42.1 Å². The Morgan fingerprint density at radius 3 is 2.76 bits per heavy atom. The Morgan fingerprint density at radius 2 is 2.12 bits per heavy atom. The zero-order chi connectivity index (χ0) is 12.7. The Bertz CT molecular complexity index is 399. The van der Waals surface area contributed by atoms with Crippen molar-refractivity contribution in [3.8, 4) is 11.8 Å². The summed E-state index contributed by atoms with van der Waals surface area (Å²) in [5.74, 6) is 1.02. The highest BCUT2D eigenvalue weighted by Crippen LogP contribution is 2.25. The lowest BCUT2D eigenvalue weighted by molar-refractivity contribution is 0.0818. The van der Waals surface area contributed by atoms with E-state index in [1.54, 1.807) is 18.2 Å². The number of nitrogens with zero attached hydrogens (tertiary/aromatic N) is 1. The second-order valence-electron chi connectivity index (χ2n) is 4.04. The summed E-state index contributed by atoms with van der Waals surface area (Å²) in [6.45, 7) is 5.82. The van der Waals surface area contributed by atoms with Gasteiger partial charge in [-0.05, 0) is 18.1 Å². The molecule has 1 rings (SSSR count). The SMILES string of the molecule is CC(C)COCCOc1cccc(Cl)c1C#N. The van der Waals surface area contributed by atoms with Crippen LogP contribution in [0.2, 0.25) is 5.02 Å². The summed E-state index contributed by atoms with van der Waals surface area (Å²) in [4.78, 5) is 0. The number of ether oxygens (including phenoxy) is 2. The van der Waals surface area contributed by atoms with Gasteiger partial charge < -0.3 is 9.47 Å². The number of nitriles is 1. The second kappa shape index (κ2) is 7.16. The molecule has 0 aliphatic heterocycles. The highest BCUT2D eigenvalue weighted by atomic mass is 35.5. The Kier molecular flexibility index (Phi) is 5.82. The topological polar surface area (TPSA) is 42.2 Å². The van der Waals surface area contributed by atoms with E-state index in [0.717, 1.165) is 0 Å². The van der Waals surface area contributed by atoms with Crippen molar-refractivity contribution in [3.05, 3.63) is 28.8 Å². The van der Waals surface area contributed by atoms with Gasteiger partial charge in [0.15, 0.2) is 0 Å². The van der Waals surface area contributed by atoms with Crippen LogP contribution in [0, 0.1) is 17.2 Å². The van der Waals surface area contributed by atoms with E-state index < -0.39 is 0 Å². The number of halogens is 1. The normalized spacial score (nSPS) is 10.3. The fraction of sp³-hybridized carbons (Fsp3) is 0.462. The molecular weight excluding hydrogens is 238 g/mol. The van der Waals surface area contributed by atoms with Crippen molar-refractivity contribution >= 4 is 11.6 Å². The lowest BCUT2D eigenvalue weighted by Crippen LogP contribution is -2.10. The van der Waals surface area contributed by atoms with Crippen molar-refractivity contribution in [1.82, 2.24) is 0 Å². The molecule has 4 heteroatoms. The Labute approximate surface area is 107 Å². The molecule has 1 aromatic carbocycles. The summed E-state index contributed by atoms with van der Waals surface area (Å²) in [5, 5.41) is 9.34. The first-order chi connectivity index (χ1) is 8.15. The van der Waals surface area contributed by atoms with Crippen LogP contribution in [0.5, 0.6) is 5.75 Å². The molecule has 0 aliphatic carbocycles. The predicted octanol–water partition coefficient (Wildman–Crippen LogP) is 3.26. The van der Waals surface area contributed by atoms with Gasteiger partial charge in [-0.1, -0.05) is 31.5 Å². The molecule has 0 radical (unpaired) electrons. The van der Waals surface area contributed by atoms with Gasteiger partial charge in [0.2, 0.25) is 0 Å². The molecule has 3 nitrogen and oxygen atoms in total. The average molecular weight is 254 g/mol. The zero-order valence-electron chi connectivity index (χ0n) is 10.1. The molecule has 1 aromatic rings. The quantitative estimate of drug-likeness (QED) is 0.731. The molecule has 0 unspecified atom stereocenters. The van der Waals surface area contributed by atoms with Gasteiger partial charge in [0.25, 0.3) is 0 Å². The molecule has 0 aromatic heterocycles. The monoisotopic (exact) mass is 253 g/mol. The van der Waals surface area contributed by atoms with Crippen LogP contribution in [0.3, 0.4) is 0 Å². The minimum Gasteiger partial charge on any atom is -0.490 e. The minimum absolute atomic E-state index is 0.373. The number of hydrogen-bond acceptors (Lipinski definition) is 3. The van der Waals surface area contributed by atoms with Gasteiger partial charge in [0.1, 0.15) is 24.0 Å². The van der Waals surface area contributed by atoms with E-state index in [9.17, 15) is 0 Å². The largest absolute Gasteiger partial charge is 0.490 e. The van der Waals surface area contributed by atoms with Gasteiger partial charge in [0, 0.05) is 6.61 Å². The first-order valence-corrected chi connectivity index (χ1v) is 5.92. The summed E-state index contributed by atoms with van der Waals surface area (Å²) in [7, 11) is 0. The van der Waals surface area contributed by atoms with Crippen molar-refractivity contribution in [2.24, 2.45) is 5.92 Å². The minimum atomic E-state index is 0.373. The van der Waals surface area contributed by atoms with E-state index in [1.165, 1.54) is 0 Å². The van der Waals surface area contributed by atoms with Gasteiger partial charge in [-0.25, -0.2) is 0 Å². The summed E-state index contributed by atoms with van der Waals surface area (Å²) >= 11 is 5.88. The van der Waals surface area contributed by atoms with Crippen LogP contribution >= 0.6 is 11.6 Å². The third kappa shape index (κ3) is 4.64. The summed E-state index contributed by atoms with van der Waals surface area (Å²) < 4.78 is 10.8. The average Bonchev–Trinajstić information content (AvgIpc) is 2.28. The maximum Gasteiger partial charge on any atom is 0.138 e. The molecule has 0 N–H and O–H groups in total. The summed E-state index contributed by atoms with van der Waals surface area (Å²) in [6.07, 6.45) is 0. The zero-order valence-corrected chi connectivity index (χ0v) is 10.8. The van der Waals surface area contributed by atoms with Crippen molar-refractivity contribution in [2.45, 2.75) is 13.8 Å². The smallest absolute Gasteiger partial charge is 0.138 e. The molecule has 0 atom stereocenters. The van der Waals surface area contributed by atoms with Gasteiger partial charge in [-0.15, -0.1) is 0 Å². The molecule has 0 saturated carbocycles. The maximum absolute atomic E-state index is 8.93. The first kappa shape index (κ1) is 13.8. The lowest BCUT2D eigenvalue weighted by atomic mass is 10.2. The second-order valence-corrected chi connectivity index (χ2v) is 4.45. The lowest BCUT2D eigenvalue weighted by Gasteiger charge is -2.10. The molecule has 0 amide bonds. The van der Waals surface area contributed by atoms with Gasteiger partial charge in [-0.3, -0.25) is 0 Å². The van der Waals surface area contributed by atoms with Crippen LogP contribution in [-0.2, 0) is 4.74 Å². The van der Waals surface area contributed by atoms with Crippen molar-refractivity contribution < 1.29 is 9.47 Å². The third-order valence-electron chi connectivity index (χ3n) is 2.02. The molecule has 92 valence electrons. The summed E-state index contributed by atoms with van der Waals surface area (Å²) in [6, 6.07) is 7.18. The van der Waals surface area contributed by atoms with Crippen LogP contribution in [0.15, 0.2) is 18.2 Å². The van der Waals surface area contributed by atoms with E-state index in [1.807, 2.05) is 6.07 Å². The van der Waals surface area contributed by atoms with Crippen LogP contribution in [-0.4, -0.2) is 19.8 Å². The third-order valence-corrected chi connectivity index (χ3v) is 2.34. The molecule has 0 spiro atoms. The van der Waals surface area contributed by atoms with Gasteiger partial charge in [0.05, 0.1) is 11.6 Å².